The van der Waals surface area contributed by atoms with Crippen LogP contribution >= 0.6 is 0 Å². The summed E-state index contributed by atoms with van der Waals surface area (Å²) in [4.78, 5) is 0. The Kier molecular flexibility index (Phi) is 4.55. The molecule has 0 aromatic heterocycles. The smallest absolute Gasteiger partial charge is 0.532 e. The molecule has 29 heavy (non-hydrogen) atoms. The predicted molar refractivity (Wildman–Crippen MR) is 118 cm³/mol. The molecule has 0 aliphatic heterocycles. The average Bonchev–Trinajstić information content (AvgIpc) is 3.09. The van der Waals surface area contributed by atoms with Gasteiger partial charge in [-0.25, -0.2) is 0 Å². The summed E-state index contributed by atoms with van der Waals surface area (Å²) in [5, 5.41) is 0. The molecule has 140 valence electrons. The molecule has 0 amide bonds. The van der Waals surface area contributed by atoms with Gasteiger partial charge in [0.15, 0.2) is 0 Å². The zero-order valence-corrected chi connectivity index (χ0v) is 15.9. The number of fused-ring (bicyclic) bond motifs is 3. The molecule has 4 aromatic carbocycles. The highest BCUT2D eigenvalue weighted by molar-refractivity contribution is 6.62. The van der Waals surface area contributed by atoms with Crippen LogP contribution < -0.4 is 15.9 Å². The predicted octanol–water partition coefficient (Wildman–Crippen LogP) is 4.83. The minimum absolute atomic E-state index is 0.193. The fourth-order valence-corrected chi connectivity index (χ4v) is 3.83. The summed E-state index contributed by atoms with van der Waals surface area (Å²) in [6.07, 6.45) is -0.193. The standard InChI is InChI=1S/C25H20BNO2/c27-19-14-16-20(17-15-19)28-26(18-8-2-1-3-9-18)29-25-23-12-6-4-10-21(23)22-11-5-7-13-24(22)25/h1-17,25H,27H2. The number of anilines is 1. The number of hydrogen-bond acceptors (Lipinski definition) is 3. The van der Waals surface area contributed by atoms with Gasteiger partial charge in [0.1, 0.15) is 5.75 Å². The lowest BCUT2D eigenvalue weighted by atomic mass is 9.78. The summed E-state index contributed by atoms with van der Waals surface area (Å²) in [7, 11) is -0.552. The van der Waals surface area contributed by atoms with Crippen molar-refractivity contribution in [2.75, 3.05) is 5.73 Å². The summed E-state index contributed by atoms with van der Waals surface area (Å²) < 4.78 is 12.9. The maximum absolute atomic E-state index is 6.63. The normalized spacial score (nSPS) is 12.3. The molecular formula is C25H20BNO2. The third kappa shape index (κ3) is 3.39. The molecule has 0 spiro atoms. The van der Waals surface area contributed by atoms with E-state index in [1.54, 1.807) is 0 Å². The molecule has 1 aliphatic carbocycles. The van der Waals surface area contributed by atoms with Crippen molar-refractivity contribution in [3.05, 3.63) is 114 Å². The van der Waals surface area contributed by atoms with Gasteiger partial charge in [0.05, 0.1) is 6.10 Å². The molecule has 0 saturated carbocycles. The van der Waals surface area contributed by atoms with Gasteiger partial charge < -0.3 is 15.0 Å². The van der Waals surface area contributed by atoms with E-state index in [4.69, 9.17) is 15.0 Å². The minimum atomic E-state index is -0.552. The van der Waals surface area contributed by atoms with Crippen molar-refractivity contribution in [1.29, 1.82) is 0 Å². The second-order valence-electron chi connectivity index (χ2n) is 7.12. The second kappa shape index (κ2) is 7.49. The average molecular weight is 377 g/mol. The first-order valence-electron chi connectivity index (χ1n) is 9.70. The second-order valence-corrected chi connectivity index (χ2v) is 7.12. The summed E-state index contributed by atoms with van der Waals surface area (Å²) in [5.41, 5.74) is 12.2. The van der Waals surface area contributed by atoms with E-state index in [0.29, 0.717) is 11.4 Å². The van der Waals surface area contributed by atoms with E-state index < -0.39 is 7.12 Å². The molecule has 0 unspecified atom stereocenters. The maximum Gasteiger partial charge on any atom is 0.563 e. The number of rotatable bonds is 5. The number of benzene rings is 4. The molecular weight excluding hydrogens is 357 g/mol. The molecule has 2 N–H and O–H groups in total. The van der Waals surface area contributed by atoms with Crippen LogP contribution in [0, 0.1) is 0 Å². The maximum atomic E-state index is 6.63. The fraction of sp³-hybridized carbons (Fsp3) is 0.0400. The monoisotopic (exact) mass is 377 g/mol. The molecule has 0 saturated heterocycles. The van der Waals surface area contributed by atoms with Crippen molar-refractivity contribution in [3.8, 4) is 16.9 Å². The van der Waals surface area contributed by atoms with Crippen molar-refractivity contribution < 1.29 is 9.31 Å². The Labute approximate surface area is 170 Å². The number of nitrogens with two attached hydrogens (primary N) is 1. The van der Waals surface area contributed by atoms with E-state index in [-0.39, 0.29) is 6.10 Å². The Morgan fingerprint density at radius 2 is 1.17 bits per heavy atom. The van der Waals surface area contributed by atoms with Crippen LogP contribution in [0.5, 0.6) is 5.75 Å². The van der Waals surface area contributed by atoms with Crippen LogP contribution in [0.3, 0.4) is 0 Å². The fourth-order valence-electron chi connectivity index (χ4n) is 3.83. The summed E-state index contributed by atoms with van der Waals surface area (Å²) >= 11 is 0. The van der Waals surface area contributed by atoms with Crippen LogP contribution in [-0.4, -0.2) is 7.12 Å². The van der Waals surface area contributed by atoms with E-state index in [1.165, 1.54) is 11.1 Å². The van der Waals surface area contributed by atoms with Gasteiger partial charge in [-0.1, -0.05) is 78.9 Å². The molecule has 0 heterocycles. The van der Waals surface area contributed by atoms with E-state index in [1.807, 2.05) is 54.6 Å². The minimum Gasteiger partial charge on any atom is -0.532 e. The van der Waals surface area contributed by atoms with Crippen LogP contribution in [0.2, 0.25) is 0 Å². The summed E-state index contributed by atoms with van der Waals surface area (Å²) in [6.45, 7) is 0. The molecule has 0 bridgehead atoms. The summed E-state index contributed by atoms with van der Waals surface area (Å²) in [6, 6.07) is 34.2. The Morgan fingerprint density at radius 1 is 0.621 bits per heavy atom. The Morgan fingerprint density at radius 3 is 1.79 bits per heavy atom. The van der Waals surface area contributed by atoms with E-state index in [2.05, 4.69) is 48.5 Å². The quantitative estimate of drug-likeness (QED) is 0.400. The molecule has 3 nitrogen and oxygen atoms in total. The van der Waals surface area contributed by atoms with E-state index in [0.717, 1.165) is 16.6 Å². The highest BCUT2D eigenvalue weighted by Gasteiger charge is 2.35. The van der Waals surface area contributed by atoms with Gasteiger partial charge in [-0.3, -0.25) is 0 Å². The van der Waals surface area contributed by atoms with Crippen LogP contribution in [0.4, 0.5) is 5.69 Å². The summed E-state index contributed by atoms with van der Waals surface area (Å²) in [5.74, 6) is 0.715. The largest absolute Gasteiger partial charge is 0.563 e. The molecule has 0 atom stereocenters. The number of nitrogen functional groups attached to an aromatic ring is 1. The van der Waals surface area contributed by atoms with Gasteiger partial charge in [-0.2, -0.15) is 0 Å². The molecule has 0 fully saturated rings. The number of hydrogen-bond donors (Lipinski definition) is 1. The Bertz CT molecular complexity index is 1080. The first-order valence-corrected chi connectivity index (χ1v) is 9.70. The van der Waals surface area contributed by atoms with Crippen molar-refractivity contribution in [2.45, 2.75) is 6.10 Å². The third-order valence-corrected chi connectivity index (χ3v) is 5.23. The molecule has 5 rings (SSSR count). The van der Waals surface area contributed by atoms with Gasteiger partial charge in [0.25, 0.3) is 0 Å². The highest BCUT2D eigenvalue weighted by atomic mass is 16.6. The van der Waals surface area contributed by atoms with Gasteiger partial charge in [-0.05, 0) is 52.0 Å². The van der Waals surface area contributed by atoms with E-state index >= 15 is 0 Å². The Balaban J connectivity index is 1.53. The zero-order valence-electron chi connectivity index (χ0n) is 15.9. The van der Waals surface area contributed by atoms with Gasteiger partial charge in [-0.15, -0.1) is 0 Å². The Hall–Kier alpha value is -3.50. The molecule has 4 heteroatoms. The lowest BCUT2D eigenvalue weighted by molar-refractivity contribution is 0.219. The lowest BCUT2D eigenvalue weighted by Crippen LogP contribution is -2.40. The lowest BCUT2D eigenvalue weighted by Gasteiger charge is -2.22. The van der Waals surface area contributed by atoms with Gasteiger partial charge in [0, 0.05) is 5.69 Å². The SMILES string of the molecule is Nc1ccc(OB(OC2c3ccccc3-c3ccccc32)c2ccccc2)cc1. The van der Waals surface area contributed by atoms with Crippen molar-refractivity contribution >= 4 is 18.3 Å². The first-order chi connectivity index (χ1) is 14.3. The molecule has 1 aliphatic rings. The third-order valence-electron chi connectivity index (χ3n) is 5.23. The zero-order chi connectivity index (χ0) is 19.6. The van der Waals surface area contributed by atoms with Crippen LogP contribution in [0.1, 0.15) is 17.2 Å². The first kappa shape index (κ1) is 17.6. The molecule has 0 radical (unpaired) electrons. The van der Waals surface area contributed by atoms with Gasteiger partial charge >= 0.3 is 7.12 Å². The van der Waals surface area contributed by atoms with Crippen LogP contribution in [0.25, 0.3) is 11.1 Å². The van der Waals surface area contributed by atoms with Gasteiger partial charge in [0.2, 0.25) is 0 Å². The van der Waals surface area contributed by atoms with Crippen molar-refractivity contribution in [3.63, 3.8) is 0 Å². The van der Waals surface area contributed by atoms with E-state index in [9.17, 15) is 0 Å². The van der Waals surface area contributed by atoms with Crippen LogP contribution in [-0.2, 0) is 4.65 Å². The van der Waals surface area contributed by atoms with Crippen molar-refractivity contribution in [2.24, 2.45) is 0 Å². The van der Waals surface area contributed by atoms with Crippen molar-refractivity contribution in [1.82, 2.24) is 0 Å². The highest BCUT2D eigenvalue weighted by Crippen LogP contribution is 2.45. The topological polar surface area (TPSA) is 44.5 Å². The van der Waals surface area contributed by atoms with Crippen LogP contribution in [0.15, 0.2) is 103 Å². The molecule has 4 aromatic rings.